The van der Waals surface area contributed by atoms with E-state index in [9.17, 15) is 19.8 Å². The lowest BCUT2D eigenvalue weighted by atomic mass is 10.0. The topological polar surface area (TPSA) is 95.9 Å². The third-order valence-corrected chi connectivity index (χ3v) is 11.4. The Hall–Kier alpha value is -1.14. The second-order valence-electron chi connectivity index (χ2n) is 16.8. The first-order valence-electron chi connectivity index (χ1n) is 24.3. The fourth-order valence-electron chi connectivity index (χ4n) is 7.64. The van der Waals surface area contributed by atoms with Gasteiger partial charge in [0, 0.05) is 12.8 Å². The smallest absolute Gasteiger partial charge is 0.305 e. The van der Waals surface area contributed by atoms with Crippen LogP contribution in [0.3, 0.4) is 0 Å². The van der Waals surface area contributed by atoms with E-state index in [1.807, 2.05) is 0 Å². The zero-order valence-electron chi connectivity index (χ0n) is 36.5. The molecule has 0 saturated carbocycles. The quantitative estimate of drug-likeness (QED) is 0.0424. The Morgan fingerprint density at radius 3 is 1.13 bits per heavy atom. The van der Waals surface area contributed by atoms with E-state index in [1.54, 1.807) is 0 Å². The highest BCUT2D eigenvalue weighted by Gasteiger charge is 2.20. The number of nitrogens with one attached hydrogen (secondary N) is 1. The molecule has 0 fully saturated rings. The molecule has 322 valence electrons. The summed E-state index contributed by atoms with van der Waals surface area (Å²) in [5.41, 5.74) is 0. The molecule has 0 aromatic rings. The average molecular weight is 766 g/mol. The van der Waals surface area contributed by atoms with Crippen molar-refractivity contribution in [1.29, 1.82) is 0 Å². The molecule has 0 bridgehead atoms. The molecule has 0 saturated heterocycles. The lowest BCUT2D eigenvalue weighted by Crippen LogP contribution is -2.45. The van der Waals surface area contributed by atoms with Crippen LogP contribution in [-0.4, -0.2) is 47.4 Å². The molecule has 0 aromatic carbocycles. The van der Waals surface area contributed by atoms with Crippen molar-refractivity contribution >= 4 is 11.9 Å². The van der Waals surface area contributed by atoms with Crippen LogP contribution >= 0.6 is 0 Å². The number of ether oxygens (including phenoxy) is 1. The highest BCUT2D eigenvalue weighted by molar-refractivity contribution is 5.76. The molecule has 6 heteroatoms. The molecular formula is C48H95NO5. The number of rotatable bonds is 45. The van der Waals surface area contributed by atoms with Crippen molar-refractivity contribution in [3.05, 3.63) is 0 Å². The number of aliphatic hydroxyl groups is 2. The van der Waals surface area contributed by atoms with Crippen LogP contribution in [0.5, 0.6) is 0 Å². The number of esters is 1. The van der Waals surface area contributed by atoms with Gasteiger partial charge in [-0.15, -0.1) is 0 Å². The van der Waals surface area contributed by atoms with Crippen molar-refractivity contribution in [3.63, 3.8) is 0 Å². The third kappa shape index (κ3) is 40.5. The second-order valence-corrected chi connectivity index (χ2v) is 16.8. The van der Waals surface area contributed by atoms with Crippen molar-refractivity contribution in [2.24, 2.45) is 0 Å². The molecule has 2 unspecified atom stereocenters. The number of amides is 1. The van der Waals surface area contributed by atoms with E-state index in [0.717, 1.165) is 57.8 Å². The molecule has 0 aromatic heterocycles. The molecule has 6 nitrogen and oxygen atoms in total. The minimum atomic E-state index is -0.671. The normalized spacial score (nSPS) is 12.6. The summed E-state index contributed by atoms with van der Waals surface area (Å²) < 4.78 is 5.45. The number of carbonyl (C=O) groups excluding carboxylic acids is 2. The van der Waals surface area contributed by atoms with Gasteiger partial charge in [-0.05, 0) is 25.7 Å². The molecular weight excluding hydrogens is 671 g/mol. The van der Waals surface area contributed by atoms with Gasteiger partial charge < -0.3 is 20.3 Å². The summed E-state index contributed by atoms with van der Waals surface area (Å²) >= 11 is 0. The second kappa shape index (κ2) is 44.6. The SMILES string of the molecule is CCCCCCCCCCCCCCCC(O)C(CO)NC(=O)CCCCCCCCCCCCCCOC(=O)CCCCCCCCCCCCCC. The molecule has 1 amide bonds. The molecule has 3 N–H and O–H groups in total. The van der Waals surface area contributed by atoms with Gasteiger partial charge in [0.05, 0.1) is 25.4 Å². The van der Waals surface area contributed by atoms with E-state index >= 15 is 0 Å². The minimum absolute atomic E-state index is 0.00824. The van der Waals surface area contributed by atoms with E-state index in [2.05, 4.69) is 19.2 Å². The largest absolute Gasteiger partial charge is 0.466 e. The van der Waals surface area contributed by atoms with Gasteiger partial charge >= 0.3 is 5.97 Å². The van der Waals surface area contributed by atoms with Crippen molar-refractivity contribution in [2.45, 2.75) is 283 Å². The van der Waals surface area contributed by atoms with Crippen LogP contribution in [0.15, 0.2) is 0 Å². The van der Waals surface area contributed by atoms with Crippen molar-refractivity contribution < 1.29 is 24.5 Å². The highest BCUT2D eigenvalue weighted by atomic mass is 16.5. The van der Waals surface area contributed by atoms with E-state index in [1.165, 1.54) is 180 Å². The van der Waals surface area contributed by atoms with Crippen LogP contribution in [0.1, 0.15) is 271 Å². The van der Waals surface area contributed by atoms with Crippen LogP contribution in [-0.2, 0) is 14.3 Å². The van der Waals surface area contributed by atoms with Crippen LogP contribution < -0.4 is 5.32 Å². The van der Waals surface area contributed by atoms with Gasteiger partial charge in [-0.2, -0.15) is 0 Å². The summed E-state index contributed by atoms with van der Waals surface area (Å²) in [6.45, 7) is 4.92. The van der Waals surface area contributed by atoms with Crippen molar-refractivity contribution in [2.75, 3.05) is 13.2 Å². The monoisotopic (exact) mass is 766 g/mol. The number of carbonyl (C=O) groups is 2. The lowest BCUT2D eigenvalue weighted by Gasteiger charge is -2.22. The standard InChI is InChI=1S/C48H95NO5/c1-3-5-7-9-11-13-15-17-20-24-28-32-36-40-46(51)45(44-50)49-47(52)41-37-33-29-25-21-18-19-23-27-31-35-39-43-54-48(53)42-38-34-30-26-22-16-14-12-10-8-6-4-2/h45-46,50-51H,3-44H2,1-2H3,(H,49,52). The van der Waals surface area contributed by atoms with Gasteiger partial charge in [-0.3, -0.25) is 9.59 Å². The first-order chi connectivity index (χ1) is 26.5. The number of unbranched alkanes of at least 4 members (excludes halogenated alkanes) is 34. The predicted molar refractivity (Wildman–Crippen MR) is 232 cm³/mol. The van der Waals surface area contributed by atoms with Crippen LogP contribution in [0.4, 0.5) is 0 Å². The number of aliphatic hydroxyl groups excluding tert-OH is 2. The zero-order valence-corrected chi connectivity index (χ0v) is 36.5. The molecule has 54 heavy (non-hydrogen) atoms. The summed E-state index contributed by atoms with van der Waals surface area (Å²) in [6.07, 6.45) is 47.7. The van der Waals surface area contributed by atoms with Crippen molar-refractivity contribution in [1.82, 2.24) is 5.32 Å². The summed E-state index contributed by atoms with van der Waals surface area (Å²) in [4.78, 5) is 24.4. The average Bonchev–Trinajstić information content (AvgIpc) is 3.17. The third-order valence-electron chi connectivity index (χ3n) is 11.4. The first kappa shape index (κ1) is 52.9. The Morgan fingerprint density at radius 1 is 0.444 bits per heavy atom. The molecule has 0 aliphatic carbocycles. The summed E-state index contributed by atoms with van der Waals surface area (Å²) in [5.74, 6) is -0.0578. The lowest BCUT2D eigenvalue weighted by molar-refractivity contribution is -0.143. The van der Waals surface area contributed by atoms with Crippen molar-refractivity contribution in [3.8, 4) is 0 Å². The fraction of sp³-hybridized carbons (Fsp3) is 0.958. The molecule has 0 aliphatic heterocycles. The van der Waals surface area contributed by atoms with Crippen LogP contribution in [0.2, 0.25) is 0 Å². The van der Waals surface area contributed by atoms with Gasteiger partial charge in [0.15, 0.2) is 0 Å². The van der Waals surface area contributed by atoms with E-state index < -0.39 is 12.1 Å². The highest BCUT2D eigenvalue weighted by Crippen LogP contribution is 2.16. The summed E-state index contributed by atoms with van der Waals surface area (Å²) in [7, 11) is 0. The minimum Gasteiger partial charge on any atom is -0.466 e. The Bertz CT molecular complexity index is 761. The first-order valence-corrected chi connectivity index (χ1v) is 24.3. The van der Waals surface area contributed by atoms with Gasteiger partial charge in [0.1, 0.15) is 0 Å². The maximum Gasteiger partial charge on any atom is 0.305 e. The van der Waals surface area contributed by atoms with E-state index in [4.69, 9.17) is 4.74 Å². The maximum atomic E-state index is 12.4. The van der Waals surface area contributed by atoms with Gasteiger partial charge in [-0.1, -0.05) is 232 Å². The van der Waals surface area contributed by atoms with Gasteiger partial charge in [0.2, 0.25) is 5.91 Å². The summed E-state index contributed by atoms with van der Waals surface area (Å²) in [5, 5.41) is 23.2. The van der Waals surface area contributed by atoms with Crippen LogP contribution in [0, 0.1) is 0 Å². The maximum absolute atomic E-state index is 12.4. The van der Waals surface area contributed by atoms with E-state index in [0.29, 0.717) is 25.9 Å². The number of hydrogen-bond donors (Lipinski definition) is 3. The molecule has 0 rings (SSSR count). The molecule has 0 radical (unpaired) electrons. The Balaban J connectivity index is 3.45. The number of hydrogen-bond acceptors (Lipinski definition) is 5. The predicted octanol–water partition coefficient (Wildman–Crippen LogP) is 14.0. The fourth-order valence-corrected chi connectivity index (χ4v) is 7.64. The molecule has 0 spiro atoms. The van der Waals surface area contributed by atoms with E-state index in [-0.39, 0.29) is 18.5 Å². The Morgan fingerprint density at radius 2 is 0.759 bits per heavy atom. The molecule has 2 atom stereocenters. The van der Waals surface area contributed by atoms with Crippen LogP contribution in [0.25, 0.3) is 0 Å². The summed E-state index contributed by atoms with van der Waals surface area (Å²) in [6, 6.07) is -0.550. The molecule has 0 aliphatic rings. The van der Waals surface area contributed by atoms with Gasteiger partial charge in [0.25, 0.3) is 0 Å². The zero-order chi connectivity index (χ0) is 39.4. The van der Waals surface area contributed by atoms with Gasteiger partial charge in [-0.25, -0.2) is 0 Å². The Labute approximate surface area is 336 Å². The molecule has 0 heterocycles. The Kier molecular flexibility index (Phi) is 43.6.